The summed E-state index contributed by atoms with van der Waals surface area (Å²) in [7, 11) is 0. The minimum atomic E-state index is -4.43. The van der Waals surface area contributed by atoms with Gasteiger partial charge in [0, 0.05) is 37.8 Å². The zero-order valence-electron chi connectivity index (χ0n) is 16.9. The predicted octanol–water partition coefficient (Wildman–Crippen LogP) is 4.39. The summed E-state index contributed by atoms with van der Waals surface area (Å²) in [4.78, 5) is 17.2. The van der Waals surface area contributed by atoms with Gasteiger partial charge in [0.1, 0.15) is 16.8 Å². The van der Waals surface area contributed by atoms with Crippen LogP contribution in [0.3, 0.4) is 0 Å². The summed E-state index contributed by atoms with van der Waals surface area (Å²) in [5.74, 6) is 1.90. The van der Waals surface area contributed by atoms with Crippen molar-refractivity contribution in [2.75, 3.05) is 31.1 Å². The van der Waals surface area contributed by atoms with Crippen molar-refractivity contribution in [3.05, 3.63) is 52.8 Å². The van der Waals surface area contributed by atoms with E-state index in [9.17, 15) is 13.2 Å². The van der Waals surface area contributed by atoms with Gasteiger partial charge in [-0.05, 0) is 26.0 Å². The van der Waals surface area contributed by atoms with E-state index < -0.39 is 11.7 Å². The van der Waals surface area contributed by atoms with Crippen LogP contribution in [0.2, 0.25) is 5.15 Å². The Morgan fingerprint density at radius 2 is 1.81 bits per heavy atom. The fraction of sp³-hybridized carbons (Fsp3) is 0.400. The Morgan fingerprint density at radius 3 is 2.48 bits per heavy atom. The van der Waals surface area contributed by atoms with Crippen LogP contribution in [0.1, 0.15) is 30.2 Å². The number of anilines is 1. The van der Waals surface area contributed by atoms with Crippen LogP contribution >= 0.6 is 11.6 Å². The van der Waals surface area contributed by atoms with E-state index in [1.165, 1.54) is 12.1 Å². The molecule has 0 saturated carbocycles. The number of piperazine rings is 1. The zero-order chi connectivity index (χ0) is 22.2. The number of benzene rings is 1. The number of rotatable bonds is 4. The van der Waals surface area contributed by atoms with Gasteiger partial charge >= 0.3 is 6.18 Å². The first kappa shape index (κ1) is 21.5. The lowest BCUT2D eigenvalue weighted by atomic mass is 10.1. The molecule has 1 aliphatic heterocycles. The zero-order valence-corrected chi connectivity index (χ0v) is 17.7. The molecular formula is C20H20ClF3N6O. The first-order chi connectivity index (χ1) is 14.7. The standard InChI is InChI=1S/C20H20ClF3N6O/c1-12(29-6-8-30(9-7-29)17-11-16(21)25-13(2)26-17)19-27-18(28-31-19)14-4-3-5-15(10-14)20(22,23)24/h3-5,10-12H,6-9H2,1-2H3. The molecule has 2 aromatic heterocycles. The van der Waals surface area contributed by atoms with Crippen molar-refractivity contribution in [1.82, 2.24) is 25.0 Å². The molecule has 0 amide bonds. The van der Waals surface area contributed by atoms with Gasteiger partial charge in [-0.1, -0.05) is 28.9 Å². The van der Waals surface area contributed by atoms with E-state index in [-0.39, 0.29) is 17.4 Å². The summed E-state index contributed by atoms with van der Waals surface area (Å²) in [6.07, 6.45) is -4.43. The van der Waals surface area contributed by atoms with Gasteiger partial charge in [-0.25, -0.2) is 9.97 Å². The van der Waals surface area contributed by atoms with Crippen molar-refractivity contribution in [3.8, 4) is 11.4 Å². The Kier molecular flexibility index (Phi) is 5.85. The number of nitrogens with zero attached hydrogens (tertiary/aromatic N) is 6. The summed E-state index contributed by atoms with van der Waals surface area (Å²) in [5, 5.41) is 4.29. The van der Waals surface area contributed by atoms with Crippen molar-refractivity contribution in [3.63, 3.8) is 0 Å². The number of alkyl halides is 3. The molecule has 1 saturated heterocycles. The lowest BCUT2D eigenvalue weighted by Crippen LogP contribution is -2.47. The van der Waals surface area contributed by atoms with Gasteiger partial charge in [0.25, 0.3) is 0 Å². The van der Waals surface area contributed by atoms with Crippen LogP contribution in [-0.4, -0.2) is 51.2 Å². The summed E-state index contributed by atoms with van der Waals surface area (Å²) in [6.45, 7) is 6.64. The molecular weight excluding hydrogens is 433 g/mol. The van der Waals surface area contributed by atoms with Crippen LogP contribution in [0.25, 0.3) is 11.4 Å². The molecule has 0 bridgehead atoms. The molecule has 7 nitrogen and oxygen atoms in total. The average Bonchev–Trinajstić information content (AvgIpc) is 3.22. The quantitative estimate of drug-likeness (QED) is 0.543. The van der Waals surface area contributed by atoms with E-state index in [1.807, 2.05) is 6.92 Å². The first-order valence-electron chi connectivity index (χ1n) is 9.72. The van der Waals surface area contributed by atoms with Gasteiger partial charge in [-0.3, -0.25) is 4.90 Å². The second-order valence-corrected chi connectivity index (χ2v) is 7.72. The van der Waals surface area contributed by atoms with Gasteiger partial charge in [-0.2, -0.15) is 18.2 Å². The van der Waals surface area contributed by atoms with E-state index >= 15 is 0 Å². The fourth-order valence-corrected chi connectivity index (χ4v) is 3.75. The third kappa shape index (κ3) is 4.80. The third-order valence-electron chi connectivity index (χ3n) is 5.23. The Morgan fingerprint density at radius 1 is 1.06 bits per heavy atom. The number of aromatic nitrogens is 4. The van der Waals surface area contributed by atoms with E-state index in [2.05, 4.69) is 29.9 Å². The molecule has 0 N–H and O–H groups in total. The van der Waals surface area contributed by atoms with Crippen LogP contribution in [0.5, 0.6) is 0 Å². The second-order valence-electron chi connectivity index (χ2n) is 7.33. The molecule has 1 unspecified atom stereocenters. The van der Waals surface area contributed by atoms with Crippen LogP contribution in [0.4, 0.5) is 19.0 Å². The maximum atomic E-state index is 13.0. The van der Waals surface area contributed by atoms with E-state index in [1.54, 1.807) is 13.0 Å². The van der Waals surface area contributed by atoms with Gasteiger partial charge in [0.05, 0.1) is 11.6 Å². The highest BCUT2D eigenvalue weighted by atomic mass is 35.5. The predicted molar refractivity (Wildman–Crippen MR) is 109 cm³/mol. The highest BCUT2D eigenvalue weighted by Gasteiger charge is 2.31. The number of halogens is 4. The van der Waals surface area contributed by atoms with Crippen LogP contribution < -0.4 is 4.90 Å². The molecule has 11 heteroatoms. The van der Waals surface area contributed by atoms with Crippen LogP contribution in [0.15, 0.2) is 34.9 Å². The van der Waals surface area contributed by atoms with Crippen molar-refractivity contribution in [2.24, 2.45) is 0 Å². The fourth-order valence-electron chi connectivity index (χ4n) is 3.53. The average molecular weight is 453 g/mol. The van der Waals surface area contributed by atoms with Gasteiger partial charge < -0.3 is 9.42 Å². The van der Waals surface area contributed by atoms with Crippen LogP contribution in [0, 0.1) is 6.92 Å². The highest BCUT2D eigenvalue weighted by Crippen LogP contribution is 2.32. The topological polar surface area (TPSA) is 71.2 Å². The second kappa shape index (κ2) is 8.43. The summed E-state index contributed by atoms with van der Waals surface area (Å²) < 4.78 is 44.3. The monoisotopic (exact) mass is 452 g/mol. The van der Waals surface area contributed by atoms with Crippen LogP contribution in [-0.2, 0) is 6.18 Å². The molecule has 3 aromatic rings. The van der Waals surface area contributed by atoms with Gasteiger partial charge in [-0.15, -0.1) is 0 Å². The third-order valence-corrected chi connectivity index (χ3v) is 5.42. The molecule has 0 spiro atoms. The molecule has 1 atom stereocenters. The molecule has 3 heterocycles. The molecule has 1 aliphatic rings. The molecule has 0 aliphatic carbocycles. The lowest BCUT2D eigenvalue weighted by molar-refractivity contribution is -0.137. The molecule has 1 aromatic carbocycles. The summed E-state index contributed by atoms with van der Waals surface area (Å²) in [6, 6.07) is 6.46. The Hall–Kier alpha value is -2.72. The van der Waals surface area contributed by atoms with E-state index in [0.29, 0.717) is 16.9 Å². The van der Waals surface area contributed by atoms with Crippen molar-refractivity contribution in [1.29, 1.82) is 0 Å². The normalized spacial score (nSPS) is 16.5. The summed E-state index contributed by atoms with van der Waals surface area (Å²) in [5.41, 5.74) is -0.488. The maximum absolute atomic E-state index is 13.0. The lowest BCUT2D eigenvalue weighted by Gasteiger charge is -2.37. The summed E-state index contributed by atoms with van der Waals surface area (Å²) >= 11 is 6.04. The first-order valence-corrected chi connectivity index (χ1v) is 10.1. The molecule has 1 fully saturated rings. The van der Waals surface area contributed by atoms with Gasteiger partial charge in [0.2, 0.25) is 11.7 Å². The minimum absolute atomic E-state index is 0.137. The molecule has 164 valence electrons. The molecule has 0 radical (unpaired) electrons. The van der Waals surface area contributed by atoms with E-state index in [0.717, 1.165) is 44.1 Å². The van der Waals surface area contributed by atoms with Crippen molar-refractivity contribution < 1.29 is 17.7 Å². The van der Waals surface area contributed by atoms with E-state index in [4.69, 9.17) is 16.1 Å². The minimum Gasteiger partial charge on any atom is -0.354 e. The molecule has 4 rings (SSSR count). The number of hydrogen-bond acceptors (Lipinski definition) is 7. The number of aryl methyl sites for hydroxylation is 1. The smallest absolute Gasteiger partial charge is 0.354 e. The Labute approximate surface area is 181 Å². The van der Waals surface area contributed by atoms with Crippen molar-refractivity contribution in [2.45, 2.75) is 26.1 Å². The Bertz CT molecular complexity index is 1040. The Balaban J connectivity index is 1.43. The number of hydrogen-bond donors (Lipinski definition) is 0. The molecule has 31 heavy (non-hydrogen) atoms. The SMILES string of the molecule is Cc1nc(Cl)cc(N2CCN(C(C)c3nc(-c4cccc(C(F)(F)F)c4)no3)CC2)n1. The van der Waals surface area contributed by atoms with Gasteiger partial charge in [0.15, 0.2) is 0 Å². The maximum Gasteiger partial charge on any atom is 0.416 e. The highest BCUT2D eigenvalue weighted by molar-refractivity contribution is 6.29. The largest absolute Gasteiger partial charge is 0.416 e. The van der Waals surface area contributed by atoms with Crippen molar-refractivity contribution >= 4 is 17.4 Å².